The number of nitrogens with zero attached hydrogens (tertiary/aromatic N) is 2. The van der Waals surface area contributed by atoms with E-state index in [1.807, 2.05) is 0 Å². The summed E-state index contributed by atoms with van der Waals surface area (Å²) in [4.78, 5) is 0. The van der Waals surface area contributed by atoms with Gasteiger partial charge in [-0.2, -0.15) is 13.2 Å². The molecule has 0 atom stereocenters. The highest BCUT2D eigenvalue weighted by molar-refractivity contribution is 6.33. The Morgan fingerprint density at radius 1 is 1.11 bits per heavy atom. The van der Waals surface area contributed by atoms with Gasteiger partial charge in [-0.15, -0.1) is 10.2 Å². The zero-order valence-electron chi connectivity index (χ0n) is 9.28. The topological polar surface area (TPSA) is 61.0 Å². The van der Waals surface area contributed by atoms with E-state index < -0.39 is 11.9 Å². The molecule has 1 aromatic heterocycles. The Bertz CT molecular complexity index is 587. The van der Waals surface area contributed by atoms with Gasteiger partial charge in [-0.25, -0.2) is 0 Å². The van der Waals surface area contributed by atoms with Crippen LogP contribution in [0.2, 0.25) is 5.02 Å². The van der Waals surface area contributed by atoms with Crippen molar-refractivity contribution in [1.82, 2.24) is 10.2 Å². The fraction of sp³-hybridized carbons (Fsp3) is 0.0909. The molecule has 0 aliphatic rings. The number of alkyl halides is 3. The van der Waals surface area contributed by atoms with Crippen molar-refractivity contribution in [3.8, 4) is 11.6 Å². The number of aromatic nitrogens is 2. The average molecular weight is 290 g/mol. The summed E-state index contributed by atoms with van der Waals surface area (Å²) in [7, 11) is 0. The van der Waals surface area contributed by atoms with Crippen molar-refractivity contribution in [2.24, 2.45) is 0 Å². The van der Waals surface area contributed by atoms with Gasteiger partial charge in [0.25, 0.3) is 0 Å². The molecule has 0 fully saturated rings. The molecule has 2 aromatic rings. The van der Waals surface area contributed by atoms with E-state index in [0.717, 1.165) is 12.1 Å². The van der Waals surface area contributed by atoms with E-state index in [-0.39, 0.29) is 10.9 Å². The van der Waals surface area contributed by atoms with Crippen molar-refractivity contribution in [2.45, 2.75) is 6.18 Å². The number of anilines is 1. The first kappa shape index (κ1) is 13.4. The largest absolute Gasteiger partial charge is 0.437 e. The third kappa shape index (κ3) is 3.25. The first-order valence-corrected chi connectivity index (χ1v) is 5.38. The molecule has 8 heteroatoms. The molecule has 100 valence electrons. The molecule has 4 nitrogen and oxygen atoms in total. The number of benzene rings is 1. The van der Waals surface area contributed by atoms with Crippen molar-refractivity contribution in [3.63, 3.8) is 0 Å². The number of hydrogen-bond donors (Lipinski definition) is 1. The summed E-state index contributed by atoms with van der Waals surface area (Å²) in [6.45, 7) is 0. The zero-order chi connectivity index (χ0) is 14.0. The van der Waals surface area contributed by atoms with Gasteiger partial charge in [-0.1, -0.05) is 11.6 Å². The Morgan fingerprint density at radius 2 is 1.84 bits per heavy atom. The van der Waals surface area contributed by atoms with Crippen molar-refractivity contribution in [2.75, 3.05) is 5.73 Å². The lowest BCUT2D eigenvalue weighted by Crippen LogP contribution is -2.08. The number of halogens is 4. The van der Waals surface area contributed by atoms with Crippen LogP contribution in [0.5, 0.6) is 11.6 Å². The van der Waals surface area contributed by atoms with E-state index >= 15 is 0 Å². The predicted molar refractivity (Wildman–Crippen MR) is 63.0 cm³/mol. The van der Waals surface area contributed by atoms with Crippen LogP contribution < -0.4 is 10.5 Å². The number of nitrogens with two attached hydrogens (primary N) is 1. The van der Waals surface area contributed by atoms with Gasteiger partial charge in [0.2, 0.25) is 5.88 Å². The number of hydrogen-bond acceptors (Lipinski definition) is 4. The van der Waals surface area contributed by atoms with Crippen LogP contribution >= 0.6 is 11.6 Å². The quantitative estimate of drug-likeness (QED) is 0.859. The number of ether oxygens (including phenoxy) is 1. The van der Waals surface area contributed by atoms with Gasteiger partial charge in [0.1, 0.15) is 5.75 Å². The van der Waals surface area contributed by atoms with Gasteiger partial charge in [-0.3, -0.25) is 0 Å². The molecule has 0 saturated heterocycles. The van der Waals surface area contributed by atoms with Crippen LogP contribution in [0.1, 0.15) is 5.69 Å². The monoisotopic (exact) mass is 289 g/mol. The minimum atomic E-state index is -4.53. The van der Waals surface area contributed by atoms with E-state index in [1.165, 1.54) is 18.2 Å². The standard InChI is InChI=1S/C11H7ClF3N3O/c12-7-5-6(1-2-8(7)16)19-10-4-3-9(17-18-10)11(13,14)15/h1-5H,16H2. The second kappa shape index (κ2) is 4.93. The van der Waals surface area contributed by atoms with E-state index in [4.69, 9.17) is 22.1 Å². The normalized spacial score (nSPS) is 11.4. The van der Waals surface area contributed by atoms with Gasteiger partial charge in [0.05, 0.1) is 10.7 Å². The lowest BCUT2D eigenvalue weighted by Gasteiger charge is -2.07. The van der Waals surface area contributed by atoms with Crippen LogP contribution in [0.15, 0.2) is 30.3 Å². The fourth-order valence-electron chi connectivity index (χ4n) is 1.22. The lowest BCUT2D eigenvalue weighted by atomic mass is 10.3. The molecule has 1 heterocycles. The second-order valence-electron chi connectivity index (χ2n) is 3.54. The first-order chi connectivity index (χ1) is 8.86. The molecule has 0 amide bonds. The molecule has 0 aliphatic carbocycles. The van der Waals surface area contributed by atoms with Gasteiger partial charge in [0, 0.05) is 12.1 Å². The minimum absolute atomic E-state index is 0.0751. The third-order valence-electron chi connectivity index (χ3n) is 2.12. The van der Waals surface area contributed by atoms with Gasteiger partial charge >= 0.3 is 6.18 Å². The van der Waals surface area contributed by atoms with Crippen molar-refractivity contribution in [1.29, 1.82) is 0 Å². The zero-order valence-corrected chi connectivity index (χ0v) is 10.0. The summed E-state index contributed by atoms with van der Waals surface area (Å²) in [5, 5.41) is 6.63. The molecule has 19 heavy (non-hydrogen) atoms. The van der Waals surface area contributed by atoms with Gasteiger partial charge in [-0.05, 0) is 18.2 Å². The average Bonchev–Trinajstić information content (AvgIpc) is 2.33. The maximum Gasteiger partial charge on any atom is 0.435 e. The Morgan fingerprint density at radius 3 is 2.37 bits per heavy atom. The number of nitrogen functional groups attached to an aromatic ring is 1. The molecule has 0 aliphatic heterocycles. The van der Waals surface area contributed by atoms with E-state index in [9.17, 15) is 13.2 Å². The van der Waals surface area contributed by atoms with E-state index in [1.54, 1.807) is 0 Å². The summed E-state index contributed by atoms with van der Waals surface area (Å²) in [5.74, 6) is 0.224. The molecular weight excluding hydrogens is 283 g/mol. The Hall–Kier alpha value is -2.02. The molecule has 2 N–H and O–H groups in total. The molecule has 0 bridgehead atoms. The SMILES string of the molecule is Nc1ccc(Oc2ccc(C(F)(F)F)nn2)cc1Cl. The van der Waals surface area contributed by atoms with Crippen LogP contribution in [-0.2, 0) is 6.18 Å². The molecule has 0 spiro atoms. The van der Waals surface area contributed by atoms with Crippen LogP contribution in [0.25, 0.3) is 0 Å². The first-order valence-electron chi connectivity index (χ1n) is 5.00. The van der Waals surface area contributed by atoms with E-state index in [0.29, 0.717) is 11.4 Å². The highest BCUT2D eigenvalue weighted by Gasteiger charge is 2.32. The lowest BCUT2D eigenvalue weighted by molar-refractivity contribution is -0.141. The maximum atomic E-state index is 12.3. The molecule has 0 saturated carbocycles. The highest BCUT2D eigenvalue weighted by atomic mass is 35.5. The molecule has 0 radical (unpaired) electrons. The Balaban J connectivity index is 2.17. The van der Waals surface area contributed by atoms with E-state index in [2.05, 4.69) is 10.2 Å². The Labute approximate surface area is 111 Å². The summed E-state index contributed by atoms with van der Waals surface area (Å²) >= 11 is 5.78. The van der Waals surface area contributed by atoms with Crippen LogP contribution in [0.4, 0.5) is 18.9 Å². The molecule has 1 aromatic carbocycles. The number of rotatable bonds is 2. The summed E-state index contributed by atoms with van der Waals surface area (Å²) in [6.07, 6.45) is -4.53. The predicted octanol–water partition coefficient (Wildman–Crippen LogP) is 3.52. The minimum Gasteiger partial charge on any atom is -0.437 e. The van der Waals surface area contributed by atoms with Crippen molar-refractivity contribution < 1.29 is 17.9 Å². The van der Waals surface area contributed by atoms with Crippen LogP contribution in [0, 0.1) is 0 Å². The maximum absolute atomic E-state index is 12.3. The highest BCUT2D eigenvalue weighted by Crippen LogP contribution is 2.29. The Kier molecular flexibility index (Phi) is 3.48. The summed E-state index contributed by atoms with van der Waals surface area (Å²) in [5.41, 5.74) is 4.79. The summed E-state index contributed by atoms with van der Waals surface area (Å²) < 4.78 is 42.0. The molecule has 2 rings (SSSR count). The van der Waals surface area contributed by atoms with Gasteiger partial charge < -0.3 is 10.5 Å². The molecule has 0 unspecified atom stereocenters. The van der Waals surface area contributed by atoms with Crippen molar-refractivity contribution >= 4 is 17.3 Å². The third-order valence-corrected chi connectivity index (χ3v) is 2.45. The van der Waals surface area contributed by atoms with Crippen molar-refractivity contribution in [3.05, 3.63) is 41.0 Å². The summed E-state index contributed by atoms with van der Waals surface area (Å²) in [6, 6.07) is 6.30. The fourth-order valence-corrected chi connectivity index (χ4v) is 1.39. The molecular formula is C11H7ClF3N3O. The van der Waals surface area contributed by atoms with Crippen LogP contribution in [0.3, 0.4) is 0 Å². The smallest absolute Gasteiger partial charge is 0.435 e. The second-order valence-corrected chi connectivity index (χ2v) is 3.95. The van der Waals surface area contributed by atoms with Crippen LogP contribution in [-0.4, -0.2) is 10.2 Å². The van der Waals surface area contributed by atoms with Gasteiger partial charge in [0.15, 0.2) is 5.69 Å².